The van der Waals surface area contributed by atoms with Crippen LogP contribution in [0.5, 0.6) is 5.75 Å². The highest BCUT2D eigenvalue weighted by Gasteiger charge is 2.41. The maximum Gasteiger partial charge on any atom is 0.333 e. The van der Waals surface area contributed by atoms with Gasteiger partial charge in [0.25, 0.3) is 11.8 Å². The Morgan fingerprint density at radius 3 is 2.28 bits per heavy atom. The molecule has 4 rings (SSSR count). The summed E-state index contributed by atoms with van der Waals surface area (Å²) in [5.74, 6) is -2.00. The lowest BCUT2D eigenvalue weighted by Crippen LogP contribution is -2.56. The van der Waals surface area contributed by atoms with Gasteiger partial charge in [-0.05, 0) is 80.9 Å². The van der Waals surface area contributed by atoms with Gasteiger partial charge in [0, 0.05) is 61.2 Å². The number of ether oxygens (including phenoxy) is 1. The second-order valence-electron chi connectivity index (χ2n) is 12.5. The van der Waals surface area contributed by atoms with Crippen LogP contribution < -0.4 is 9.64 Å². The van der Waals surface area contributed by atoms with E-state index in [1.54, 1.807) is 6.08 Å². The van der Waals surface area contributed by atoms with Crippen molar-refractivity contribution in [2.45, 2.75) is 66.2 Å². The van der Waals surface area contributed by atoms with Crippen LogP contribution in [-0.2, 0) is 24.5 Å². The molecular formula is C34H42N3O9S-. The Labute approximate surface area is 275 Å². The molecular weight excluding hydrogens is 626 g/mol. The minimum atomic E-state index is -4.58. The molecule has 1 fully saturated rings. The number of carboxylic acid groups (broad SMARTS) is 1. The first-order chi connectivity index (χ1) is 22.1. The molecule has 1 aromatic rings. The second-order valence-corrected chi connectivity index (χ2v) is 14.0. The summed E-state index contributed by atoms with van der Waals surface area (Å²) in [6, 6.07) is 5.25. The summed E-state index contributed by atoms with van der Waals surface area (Å²) < 4.78 is 39.9. The van der Waals surface area contributed by atoms with Gasteiger partial charge >= 0.3 is 12.0 Å². The number of carboxylic acids is 1. The molecule has 1 N–H and O–H groups in total. The van der Waals surface area contributed by atoms with Crippen LogP contribution in [0.2, 0.25) is 0 Å². The van der Waals surface area contributed by atoms with Crippen molar-refractivity contribution in [3.8, 4) is 5.75 Å². The van der Waals surface area contributed by atoms with Gasteiger partial charge in [-0.1, -0.05) is 26.3 Å². The van der Waals surface area contributed by atoms with Gasteiger partial charge in [-0.25, -0.2) is 13.2 Å². The normalized spacial score (nSPS) is 19.3. The maximum atomic E-state index is 13.5. The Kier molecular flexibility index (Phi) is 11.1. The maximum absolute atomic E-state index is 13.5. The Morgan fingerprint density at radius 1 is 1.00 bits per heavy atom. The summed E-state index contributed by atoms with van der Waals surface area (Å²) in [7, 11) is -4.58. The van der Waals surface area contributed by atoms with Crippen LogP contribution in [0.4, 0.5) is 10.5 Å². The second kappa shape index (κ2) is 14.7. The Morgan fingerprint density at radius 2 is 1.66 bits per heavy atom. The molecule has 0 spiro atoms. The van der Waals surface area contributed by atoms with Crippen LogP contribution in [0, 0.1) is 5.41 Å². The molecule has 0 saturated carbocycles. The minimum Gasteiger partial charge on any atom is -0.748 e. The van der Waals surface area contributed by atoms with Gasteiger partial charge in [0.15, 0.2) is 0 Å². The number of hydrogen-bond acceptors (Lipinski definition) is 9. The summed E-state index contributed by atoms with van der Waals surface area (Å²) in [4.78, 5) is 54.8. The number of aliphatic carboxylic acids is 1. The number of imide groups is 2. The van der Waals surface area contributed by atoms with Gasteiger partial charge < -0.3 is 19.3 Å². The average Bonchev–Trinajstić information content (AvgIpc) is 2.99. The summed E-state index contributed by atoms with van der Waals surface area (Å²) in [6.07, 6.45) is 8.39. The van der Waals surface area contributed by atoms with E-state index >= 15 is 0 Å². The van der Waals surface area contributed by atoms with E-state index in [1.165, 1.54) is 6.08 Å². The van der Waals surface area contributed by atoms with Gasteiger partial charge in [0.1, 0.15) is 17.1 Å². The molecule has 0 atom stereocenters. The number of fused-ring (bicyclic) bond motifs is 2. The van der Waals surface area contributed by atoms with Crippen molar-refractivity contribution in [2.75, 3.05) is 36.8 Å². The lowest BCUT2D eigenvalue weighted by Gasteiger charge is -2.37. The number of carbonyl (C=O) groups is 4. The van der Waals surface area contributed by atoms with E-state index in [0.29, 0.717) is 31.4 Å². The molecule has 2 aliphatic heterocycles. The van der Waals surface area contributed by atoms with Crippen molar-refractivity contribution in [3.05, 3.63) is 64.5 Å². The standard InChI is InChI=1S/C34H43N3O9S/c1-5-35(6-2)25-14-13-24-20-27-29(46-28(24)21-25)19-23(22-34(27,3)4)12-15-26-31(40)36(16-9-7-8-11-30(38)39)33(42)37(32(26)41)17-10-18-47(43,44)45/h12-15,19-21H,5-11,16-18,22H2,1-4H3,(H,38,39)(H,43,44,45)/p-1/b23-12-,26-15-. The number of benzene rings is 1. The van der Waals surface area contributed by atoms with Crippen LogP contribution in [0.1, 0.15) is 71.8 Å². The molecule has 2 heterocycles. The lowest BCUT2D eigenvalue weighted by molar-refractivity contribution is -0.138. The third-order valence-electron chi connectivity index (χ3n) is 8.53. The largest absolute Gasteiger partial charge is 0.748 e. The quantitative estimate of drug-likeness (QED) is 0.125. The van der Waals surface area contributed by atoms with Crippen molar-refractivity contribution in [1.29, 1.82) is 0 Å². The first kappa shape index (κ1) is 35.6. The predicted octanol–water partition coefficient (Wildman–Crippen LogP) is 4.85. The lowest BCUT2D eigenvalue weighted by atomic mass is 9.72. The van der Waals surface area contributed by atoms with Gasteiger partial charge in [0.05, 0.1) is 10.1 Å². The van der Waals surface area contributed by atoms with Gasteiger partial charge in [0.2, 0.25) is 0 Å². The monoisotopic (exact) mass is 668 g/mol. The molecule has 4 amide bonds. The fraction of sp³-hybridized carbons (Fsp3) is 0.471. The molecule has 3 aliphatic rings. The fourth-order valence-electron chi connectivity index (χ4n) is 6.04. The van der Waals surface area contributed by atoms with Gasteiger partial charge in [-0.15, -0.1) is 0 Å². The smallest absolute Gasteiger partial charge is 0.333 e. The van der Waals surface area contributed by atoms with E-state index in [-0.39, 0.29) is 36.9 Å². The minimum absolute atomic E-state index is 0.0515. The molecule has 0 bridgehead atoms. The number of barbiturate groups is 1. The molecule has 47 heavy (non-hydrogen) atoms. The number of urea groups is 1. The summed E-state index contributed by atoms with van der Waals surface area (Å²) >= 11 is 0. The Hall–Kier alpha value is -4.23. The molecule has 254 valence electrons. The van der Waals surface area contributed by atoms with Gasteiger partial charge in [-0.3, -0.25) is 24.2 Å². The molecule has 1 aromatic carbocycles. The zero-order valence-electron chi connectivity index (χ0n) is 27.3. The topological polar surface area (TPSA) is 165 Å². The summed E-state index contributed by atoms with van der Waals surface area (Å²) in [5, 5.41) is 8.88. The number of nitrogens with zero attached hydrogens (tertiary/aromatic N) is 3. The van der Waals surface area contributed by atoms with Crippen molar-refractivity contribution < 1.29 is 42.0 Å². The van der Waals surface area contributed by atoms with Gasteiger partial charge in [-0.2, -0.15) is 0 Å². The highest BCUT2D eigenvalue weighted by molar-refractivity contribution is 7.85. The molecule has 12 nitrogen and oxygen atoms in total. The highest BCUT2D eigenvalue weighted by atomic mass is 32.2. The van der Waals surface area contributed by atoms with E-state index in [2.05, 4.69) is 50.8 Å². The Balaban J connectivity index is 1.63. The van der Waals surface area contributed by atoms with Crippen LogP contribution in [0.25, 0.3) is 6.08 Å². The third-order valence-corrected chi connectivity index (χ3v) is 9.32. The first-order valence-electron chi connectivity index (χ1n) is 15.9. The number of hydrogen-bond donors (Lipinski definition) is 1. The summed E-state index contributed by atoms with van der Waals surface area (Å²) in [6.45, 7) is 9.65. The van der Waals surface area contributed by atoms with E-state index in [0.717, 1.165) is 51.0 Å². The number of amides is 4. The van der Waals surface area contributed by atoms with E-state index < -0.39 is 39.7 Å². The van der Waals surface area contributed by atoms with Crippen molar-refractivity contribution >= 4 is 45.7 Å². The number of rotatable bonds is 14. The highest BCUT2D eigenvalue weighted by Crippen LogP contribution is 2.48. The zero-order chi connectivity index (χ0) is 34.5. The van der Waals surface area contributed by atoms with E-state index in [1.807, 2.05) is 12.1 Å². The average molecular weight is 669 g/mol. The number of allylic oxidation sites excluding steroid dienone is 5. The molecule has 1 aliphatic carbocycles. The molecule has 0 radical (unpaired) electrons. The van der Waals surface area contributed by atoms with E-state index in [4.69, 9.17) is 9.84 Å². The van der Waals surface area contributed by atoms with Crippen molar-refractivity contribution in [1.82, 2.24) is 9.80 Å². The predicted molar refractivity (Wildman–Crippen MR) is 175 cm³/mol. The van der Waals surface area contributed by atoms with Crippen LogP contribution in [0.15, 0.2) is 58.9 Å². The molecule has 0 aromatic heterocycles. The molecule has 0 unspecified atom stereocenters. The summed E-state index contributed by atoms with van der Waals surface area (Å²) in [5.41, 5.74) is 3.22. The van der Waals surface area contributed by atoms with Crippen LogP contribution >= 0.6 is 0 Å². The first-order valence-corrected chi connectivity index (χ1v) is 17.5. The fourth-order valence-corrected chi connectivity index (χ4v) is 6.52. The van der Waals surface area contributed by atoms with Crippen LogP contribution in [-0.4, -0.2) is 83.6 Å². The third kappa shape index (κ3) is 8.58. The number of unbranched alkanes of at least 4 members (excludes halogenated alkanes) is 2. The number of anilines is 1. The molecule has 1 saturated heterocycles. The van der Waals surface area contributed by atoms with Crippen molar-refractivity contribution in [3.63, 3.8) is 0 Å². The zero-order valence-corrected chi connectivity index (χ0v) is 28.1. The van der Waals surface area contributed by atoms with Crippen LogP contribution in [0.3, 0.4) is 0 Å². The SMILES string of the molecule is CCN(CC)c1ccc2c(c1)OC1=C/C(=C/C=C3/C(=O)N(CCCCCC(=O)O)C(=O)N(CCCS(=O)(=O)[O-])C3=O)CC(C)(C)C1=C2. The van der Waals surface area contributed by atoms with E-state index in [9.17, 15) is 32.1 Å². The molecule has 13 heteroatoms. The van der Waals surface area contributed by atoms with Crippen molar-refractivity contribution in [2.24, 2.45) is 5.41 Å². The number of carbonyl (C=O) groups excluding carboxylic acids is 3. The Bertz CT molecular complexity index is 1670.